The Morgan fingerprint density at radius 1 is 0.784 bits per heavy atom. The van der Waals surface area contributed by atoms with Crippen molar-refractivity contribution in [1.29, 1.82) is 0 Å². The first-order valence-corrected chi connectivity index (χ1v) is 14.5. The van der Waals surface area contributed by atoms with Crippen LogP contribution >= 0.6 is 0 Å². The summed E-state index contributed by atoms with van der Waals surface area (Å²) in [6, 6.07) is -0.827. The number of amides is 3. The Kier molecular flexibility index (Phi) is 16.0. The summed E-state index contributed by atoms with van der Waals surface area (Å²) in [7, 11) is 0. The second-order valence-corrected chi connectivity index (χ2v) is 11.3. The average Bonchev–Trinajstić information content (AvgIpc) is 3.15. The van der Waals surface area contributed by atoms with Gasteiger partial charge in [-0.3, -0.25) is 19.2 Å². The molecule has 0 aromatic carbocycles. The maximum absolute atomic E-state index is 12.9. The zero-order chi connectivity index (χ0) is 27.7. The topological polar surface area (TPSA) is 110 Å². The van der Waals surface area contributed by atoms with Crippen LogP contribution in [0.2, 0.25) is 0 Å². The molecule has 0 aromatic rings. The van der Waals surface area contributed by atoms with Gasteiger partial charge in [-0.2, -0.15) is 0 Å². The van der Waals surface area contributed by atoms with Crippen molar-refractivity contribution in [3.63, 3.8) is 0 Å². The third kappa shape index (κ3) is 14.3. The molecule has 8 nitrogen and oxygen atoms in total. The molecule has 1 fully saturated rings. The highest BCUT2D eigenvalue weighted by Gasteiger charge is 2.34. The molecule has 0 radical (unpaired) electrons. The van der Waals surface area contributed by atoms with E-state index in [0.717, 1.165) is 19.3 Å². The number of carbonyl (C=O) groups excluding carboxylic acids is 5. The summed E-state index contributed by atoms with van der Waals surface area (Å²) in [4.78, 5) is 65.7. The van der Waals surface area contributed by atoms with Gasteiger partial charge in [0.15, 0.2) is 5.78 Å². The molecule has 1 N–H and O–H groups in total. The van der Waals surface area contributed by atoms with Gasteiger partial charge >= 0.3 is 5.97 Å². The maximum atomic E-state index is 12.9. The van der Waals surface area contributed by atoms with E-state index in [1.807, 2.05) is 0 Å². The van der Waals surface area contributed by atoms with Crippen LogP contribution in [0.4, 0.5) is 0 Å². The Balaban J connectivity index is 2.28. The summed E-state index contributed by atoms with van der Waals surface area (Å²) >= 11 is 0. The molecule has 0 unspecified atom stereocenters. The molecule has 0 spiro atoms. The molecule has 1 atom stereocenters. The lowest BCUT2D eigenvalue weighted by molar-refractivity contribution is -0.197. The first-order chi connectivity index (χ1) is 17.6. The number of hydrogen-bond acceptors (Lipinski definition) is 6. The number of nitrogens with zero attached hydrogens (tertiary/aromatic N) is 1. The van der Waals surface area contributed by atoms with Crippen LogP contribution in [0.1, 0.15) is 143 Å². The molecule has 0 saturated carbocycles. The first kappa shape index (κ1) is 32.8. The van der Waals surface area contributed by atoms with Gasteiger partial charge in [-0.15, -0.1) is 5.06 Å². The van der Waals surface area contributed by atoms with Gasteiger partial charge in [-0.25, -0.2) is 4.79 Å². The molecular weight excluding hydrogens is 472 g/mol. The quantitative estimate of drug-likeness (QED) is 0.156. The van der Waals surface area contributed by atoms with E-state index in [1.165, 1.54) is 64.2 Å². The number of rotatable bonds is 20. The predicted molar refractivity (Wildman–Crippen MR) is 143 cm³/mol. The predicted octanol–water partition coefficient (Wildman–Crippen LogP) is 5.96. The van der Waals surface area contributed by atoms with Crippen molar-refractivity contribution in [2.45, 2.75) is 149 Å². The molecule has 0 aromatic heterocycles. The number of unbranched alkanes of at least 4 members (excludes halogenated alkanes) is 12. The van der Waals surface area contributed by atoms with Crippen molar-refractivity contribution in [3.8, 4) is 0 Å². The second-order valence-electron chi connectivity index (χ2n) is 11.3. The minimum absolute atomic E-state index is 0.0203. The third-order valence-electron chi connectivity index (χ3n) is 6.73. The molecule has 1 rings (SSSR count). The van der Waals surface area contributed by atoms with E-state index in [-0.39, 0.29) is 37.4 Å². The van der Waals surface area contributed by atoms with E-state index >= 15 is 0 Å². The number of nitrogens with one attached hydrogen (secondary N) is 1. The average molecular weight is 523 g/mol. The summed E-state index contributed by atoms with van der Waals surface area (Å²) in [5.41, 5.74) is -0.696. The molecule has 212 valence electrons. The van der Waals surface area contributed by atoms with Gasteiger partial charge in [-0.1, -0.05) is 105 Å². The third-order valence-corrected chi connectivity index (χ3v) is 6.73. The molecule has 37 heavy (non-hydrogen) atoms. The van der Waals surface area contributed by atoms with Crippen molar-refractivity contribution < 1.29 is 28.8 Å². The summed E-state index contributed by atoms with van der Waals surface area (Å²) in [6.07, 6.45) is 16.2. The Labute approximate surface area is 223 Å². The second kappa shape index (κ2) is 18.1. The molecule has 1 saturated heterocycles. The van der Waals surface area contributed by atoms with Crippen LogP contribution in [0.5, 0.6) is 0 Å². The highest BCUT2D eigenvalue weighted by atomic mass is 16.7. The Morgan fingerprint density at radius 3 is 1.70 bits per heavy atom. The fourth-order valence-corrected chi connectivity index (χ4v) is 4.43. The highest BCUT2D eigenvalue weighted by molar-refractivity contribution is 6.01. The Bertz CT molecular complexity index is 727. The number of Topliss-reactive ketones (excluding diaryl/α,β-unsaturated/α-hetero) is 1. The number of hydrogen-bond donors (Lipinski definition) is 1. The van der Waals surface area contributed by atoms with Crippen LogP contribution < -0.4 is 5.32 Å². The van der Waals surface area contributed by atoms with Crippen LogP contribution in [0.3, 0.4) is 0 Å². The van der Waals surface area contributed by atoms with Gasteiger partial charge in [0, 0.05) is 24.7 Å². The Hall–Kier alpha value is -2.25. The zero-order valence-electron chi connectivity index (χ0n) is 23.7. The number of imide groups is 1. The van der Waals surface area contributed by atoms with E-state index in [0.29, 0.717) is 11.5 Å². The molecule has 0 bridgehead atoms. The van der Waals surface area contributed by atoms with Crippen molar-refractivity contribution in [2.24, 2.45) is 5.41 Å². The van der Waals surface area contributed by atoms with Gasteiger partial charge in [0.2, 0.25) is 5.91 Å². The molecule has 8 heteroatoms. The molecule has 1 aliphatic rings. The number of carbonyl (C=O) groups is 5. The van der Waals surface area contributed by atoms with E-state index in [2.05, 4.69) is 12.2 Å². The summed E-state index contributed by atoms with van der Waals surface area (Å²) in [6.45, 7) is 7.54. The minimum atomic E-state index is -0.827. The minimum Gasteiger partial charge on any atom is -0.346 e. The normalized spacial score (nSPS) is 14.6. The van der Waals surface area contributed by atoms with Crippen LogP contribution in [0, 0.1) is 5.41 Å². The Morgan fingerprint density at radius 2 is 1.24 bits per heavy atom. The van der Waals surface area contributed by atoms with Crippen molar-refractivity contribution in [3.05, 3.63) is 0 Å². The smallest absolute Gasteiger partial charge is 0.333 e. The fourth-order valence-electron chi connectivity index (χ4n) is 4.43. The zero-order valence-corrected chi connectivity index (χ0v) is 23.7. The van der Waals surface area contributed by atoms with Crippen LogP contribution in [0.15, 0.2) is 0 Å². The lowest BCUT2D eigenvalue weighted by atomic mass is 9.85. The summed E-state index contributed by atoms with van der Waals surface area (Å²) < 4.78 is 0. The van der Waals surface area contributed by atoms with E-state index in [1.54, 1.807) is 20.8 Å². The van der Waals surface area contributed by atoms with Crippen LogP contribution in [-0.2, 0) is 28.8 Å². The number of ketones is 1. The van der Waals surface area contributed by atoms with Gasteiger partial charge in [0.05, 0.1) is 12.5 Å². The van der Waals surface area contributed by atoms with Crippen LogP contribution in [-0.4, -0.2) is 40.6 Å². The largest absolute Gasteiger partial charge is 0.346 e. The summed E-state index contributed by atoms with van der Waals surface area (Å²) in [5.74, 6) is -2.25. The standard InChI is InChI=1S/C29H50N2O6/c1-5-6-7-8-9-10-11-12-13-14-15-16-17-18-24(32)30-23(28(36)29(2,3)4)19-22-27(35)37-31-25(33)20-21-26(31)34/h23H,5-22H2,1-4H3,(H,30,32)/t23-/m0/s1. The molecular formula is C29H50N2O6. The molecule has 1 aliphatic heterocycles. The van der Waals surface area contributed by atoms with E-state index in [9.17, 15) is 24.0 Å². The fraction of sp³-hybridized carbons (Fsp3) is 0.828. The molecule has 1 heterocycles. The van der Waals surface area contributed by atoms with Gasteiger partial charge in [0.1, 0.15) is 0 Å². The lowest BCUT2D eigenvalue weighted by Crippen LogP contribution is -2.46. The van der Waals surface area contributed by atoms with Gasteiger partial charge in [0.25, 0.3) is 11.8 Å². The molecule has 0 aliphatic carbocycles. The summed E-state index contributed by atoms with van der Waals surface area (Å²) in [5, 5.41) is 3.29. The number of hydroxylamine groups is 2. The maximum Gasteiger partial charge on any atom is 0.333 e. The van der Waals surface area contributed by atoms with Gasteiger partial charge in [-0.05, 0) is 12.8 Å². The van der Waals surface area contributed by atoms with Crippen molar-refractivity contribution >= 4 is 29.5 Å². The van der Waals surface area contributed by atoms with Gasteiger partial charge < -0.3 is 10.2 Å². The SMILES string of the molecule is CCCCCCCCCCCCCCCC(=O)N[C@@H](CCC(=O)ON1C(=O)CCC1=O)C(=O)C(C)(C)C. The van der Waals surface area contributed by atoms with E-state index in [4.69, 9.17) is 4.84 Å². The highest BCUT2D eigenvalue weighted by Crippen LogP contribution is 2.20. The monoisotopic (exact) mass is 522 g/mol. The van der Waals surface area contributed by atoms with Crippen LogP contribution in [0.25, 0.3) is 0 Å². The van der Waals surface area contributed by atoms with Crippen molar-refractivity contribution in [1.82, 2.24) is 10.4 Å². The first-order valence-electron chi connectivity index (χ1n) is 14.5. The van der Waals surface area contributed by atoms with E-state index < -0.39 is 29.2 Å². The van der Waals surface area contributed by atoms with Crippen molar-refractivity contribution in [2.75, 3.05) is 0 Å². The molecule has 3 amide bonds. The lowest BCUT2D eigenvalue weighted by Gasteiger charge is -2.25.